The minimum absolute atomic E-state index is 0.410. The first kappa shape index (κ1) is 16.2. The quantitative estimate of drug-likeness (QED) is 0.662. The second-order valence-corrected chi connectivity index (χ2v) is 5.15. The van der Waals surface area contributed by atoms with Gasteiger partial charge in [0.25, 0.3) is 5.91 Å². The molecule has 0 aliphatic carbocycles. The number of benzene rings is 1. The molecule has 0 bridgehead atoms. The number of rotatable bonds is 4. The van der Waals surface area contributed by atoms with E-state index in [1.165, 1.54) is 12.2 Å². The second-order valence-electron chi connectivity index (χ2n) is 5.15. The lowest BCUT2D eigenvalue weighted by Gasteiger charge is -2.05. The number of nitrogens with one attached hydrogen (secondary N) is 1. The normalized spacial score (nSPS) is 21.2. The molecule has 1 aromatic rings. The summed E-state index contributed by atoms with van der Waals surface area (Å²) in [4.78, 5) is 10.9. The number of aliphatic hydroxyl groups excluding tert-OH is 1. The zero-order valence-electron chi connectivity index (χ0n) is 11.9. The molecule has 116 valence electrons. The first-order valence-corrected chi connectivity index (χ1v) is 7.06. The largest absolute Gasteiger partial charge is 0.389 e. The Morgan fingerprint density at radius 2 is 2.14 bits per heavy atom. The van der Waals surface area contributed by atoms with Gasteiger partial charge in [-0.25, -0.2) is 0 Å². The minimum Gasteiger partial charge on any atom is -0.389 e. The van der Waals surface area contributed by atoms with Crippen molar-refractivity contribution in [3.05, 3.63) is 48.0 Å². The molecular weight excluding hydrogens is 288 g/mol. The molecule has 1 fully saturated rings. The summed E-state index contributed by atoms with van der Waals surface area (Å²) < 4.78 is 26.0. The molecule has 0 spiro atoms. The van der Waals surface area contributed by atoms with Crippen molar-refractivity contribution < 1.29 is 18.7 Å². The maximum absolute atomic E-state index is 13.0. The third-order valence-corrected chi connectivity index (χ3v) is 3.26. The van der Waals surface area contributed by atoms with Crippen LogP contribution in [0.2, 0.25) is 0 Å². The van der Waals surface area contributed by atoms with Crippen LogP contribution in [0.4, 0.5) is 8.78 Å². The van der Waals surface area contributed by atoms with Crippen LogP contribution in [0, 0.1) is 11.8 Å². The fourth-order valence-corrected chi connectivity index (χ4v) is 2.07. The molecule has 1 aromatic carbocycles. The number of hydrogen-bond donors (Lipinski definition) is 2. The van der Waals surface area contributed by atoms with Crippen LogP contribution >= 0.6 is 0 Å². The lowest BCUT2D eigenvalue weighted by molar-refractivity contribution is -0.139. The van der Waals surface area contributed by atoms with Crippen molar-refractivity contribution in [3.63, 3.8) is 0 Å². The van der Waals surface area contributed by atoms with E-state index in [0.29, 0.717) is 12.8 Å². The van der Waals surface area contributed by atoms with E-state index in [1.807, 2.05) is 30.3 Å². The van der Waals surface area contributed by atoms with E-state index in [9.17, 15) is 18.7 Å². The van der Waals surface area contributed by atoms with Gasteiger partial charge in [0.2, 0.25) is 0 Å². The lowest BCUT2D eigenvalue weighted by atomic mass is 10.1. The summed E-state index contributed by atoms with van der Waals surface area (Å²) in [7, 11) is 0. The molecule has 1 amide bonds. The zero-order chi connectivity index (χ0) is 16.0. The summed E-state index contributed by atoms with van der Waals surface area (Å²) in [5, 5.41) is 11.9. The van der Waals surface area contributed by atoms with Gasteiger partial charge in [-0.1, -0.05) is 42.2 Å². The Morgan fingerprint density at radius 3 is 2.77 bits per heavy atom. The van der Waals surface area contributed by atoms with Crippen LogP contribution in [0.5, 0.6) is 0 Å². The Bertz CT molecular complexity index is 602. The number of hydrogen-bond acceptors (Lipinski definition) is 2. The molecule has 22 heavy (non-hydrogen) atoms. The molecule has 0 saturated carbocycles. The van der Waals surface area contributed by atoms with Crippen LogP contribution < -0.4 is 5.32 Å². The summed E-state index contributed by atoms with van der Waals surface area (Å²) in [6, 6.07) is 8.76. The molecule has 1 saturated heterocycles. The van der Waals surface area contributed by atoms with Gasteiger partial charge in [-0.05, 0) is 18.6 Å². The van der Waals surface area contributed by atoms with Crippen LogP contribution in [-0.2, 0) is 4.79 Å². The topological polar surface area (TPSA) is 49.3 Å². The molecule has 1 heterocycles. The summed E-state index contributed by atoms with van der Waals surface area (Å²) in [5.74, 6) is 1.34. The van der Waals surface area contributed by atoms with Crippen LogP contribution in [0.1, 0.15) is 24.8 Å². The average Bonchev–Trinajstić information content (AvgIpc) is 2.76. The number of halogens is 2. The predicted octanol–water partition coefficient (Wildman–Crippen LogP) is 2.26. The number of aliphatic hydroxyl groups is 1. The number of amides is 1. The summed E-state index contributed by atoms with van der Waals surface area (Å²) in [5.41, 5.74) is 0.906. The summed E-state index contributed by atoms with van der Waals surface area (Å²) in [6.07, 6.45) is 2.41. The average molecular weight is 305 g/mol. The first-order chi connectivity index (χ1) is 10.5. The zero-order valence-corrected chi connectivity index (χ0v) is 11.9. The SMILES string of the molecule is O=C1N[C@@H](/C=C/[C@@H](O)CCC#Cc2ccccc2)CC1(F)F. The van der Waals surface area contributed by atoms with Gasteiger partial charge >= 0.3 is 5.92 Å². The second kappa shape index (κ2) is 7.19. The number of alkyl halides is 2. The highest BCUT2D eigenvalue weighted by molar-refractivity contribution is 5.86. The Kier molecular flexibility index (Phi) is 5.29. The van der Waals surface area contributed by atoms with Crippen molar-refractivity contribution in [2.75, 3.05) is 0 Å². The van der Waals surface area contributed by atoms with Crippen molar-refractivity contribution in [2.45, 2.75) is 37.3 Å². The highest BCUT2D eigenvalue weighted by atomic mass is 19.3. The van der Waals surface area contributed by atoms with Crippen molar-refractivity contribution in [1.29, 1.82) is 0 Å². The van der Waals surface area contributed by atoms with Crippen LogP contribution in [0.3, 0.4) is 0 Å². The van der Waals surface area contributed by atoms with E-state index in [1.54, 1.807) is 0 Å². The highest BCUT2D eigenvalue weighted by Crippen LogP contribution is 2.27. The molecule has 5 heteroatoms. The minimum atomic E-state index is -3.32. The molecule has 1 aliphatic heterocycles. The molecule has 0 radical (unpaired) electrons. The van der Waals surface area contributed by atoms with Gasteiger partial charge < -0.3 is 10.4 Å². The van der Waals surface area contributed by atoms with E-state index in [-0.39, 0.29) is 0 Å². The molecule has 2 rings (SSSR count). The van der Waals surface area contributed by atoms with Gasteiger partial charge in [-0.15, -0.1) is 0 Å². The van der Waals surface area contributed by atoms with Gasteiger partial charge in [0.05, 0.1) is 12.1 Å². The molecule has 0 unspecified atom stereocenters. The highest BCUT2D eigenvalue weighted by Gasteiger charge is 2.47. The van der Waals surface area contributed by atoms with E-state index in [2.05, 4.69) is 17.2 Å². The Hall–Kier alpha value is -2.19. The monoisotopic (exact) mass is 305 g/mol. The van der Waals surface area contributed by atoms with Gasteiger partial charge in [-0.3, -0.25) is 4.79 Å². The van der Waals surface area contributed by atoms with Crippen LogP contribution in [0.25, 0.3) is 0 Å². The smallest absolute Gasteiger partial charge is 0.326 e. The van der Waals surface area contributed by atoms with Gasteiger partial charge in [0.1, 0.15) is 0 Å². The molecular formula is C17H17F2NO2. The number of carbonyl (C=O) groups is 1. The Morgan fingerprint density at radius 1 is 1.41 bits per heavy atom. The first-order valence-electron chi connectivity index (χ1n) is 7.06. The maximum Gasteiger partial charge on any atom is 0.326 e. The molecule has 2 N–H and O–H groups in total. The number of carbonyl (C=O) groups excluding carboxylic acids is 1. The van der Waals surface area contributed by atoms with Crippen molar-refractivity contribution in [1.82, 2.24) is 5.32 Å². The van der Waals surface area contributed by atoms with E-state index in [0.717, 1.165) is 5.56 Å². The molecule has 2 atom stereocenters. The van der Waals surface area contributed by atoms with Gasteiger partial charge in [0, 0.05) is 18.4 Å². The fraction of sp³-hybridized carbons (Fsp3) is 0.353. The third-order valence-electron chi connectivity index (χ3n) is 3.26. The lowest BCUT2D eigenvalue weighted by Crippen LogP contribution is -2.30. The van der Waals surface area contributed by atoms with Crippen molar-refractivity contribution in [3.8, 4) is 11.8 Å². The summed E-state index contributed by atoms with van der Waals surface area (Å²) >= 11 is 0. The fourth-order valence-electron chi connectivity index (χ4n) is 2.07. The van der Waals surface area contributed by atoms with Crippen molar-refractivity contribution >= 4 is 5.91 Å². The van der Waals surface area contributed by atoms with Crippen molar-refractivity contribution in [2.24, 2.45) is 0 Å². The van der Waals surface area contributed by atoms with Crippen LogP contribution in [0.15, 0.2) is 42.5 Å². The third kappa shape index (κ3) is 4.68. The predicted molar refractivity (Wildman–Crippen MR) is 79.2 cm³/mol. The standard InChI is InChI=1S/C17H17F2NO2/c18-17(19)12-14(20-16(17)22)10-11-15(21)9-5-4-8-13-6-2-1-3-7-13/h1-3,6-7,10-11,14-15,21H,5,9,12H2,(H,20,22)/b11-10+/t14-,15-/m0/s1. The Balaban J connectivity index is 1.75. The van der Waals surface area contributed by atoms with E-state index < -0.39 is 30.4 Å². The Labute approximate surface area is 128 Å². The van der Waals surface area contributed by atoms with E-state index in [4.69, 9.17) is 0 Å². The van der Waals surface area contributed by atoms with E-state index >= 15 is 0 Å². The maximum atomic E-state index is 13.0. The molecule has 0 aromatic heterocycles. The van der Waals surface area contributed by atoms with Crippen LogP contribution in [-0.4, -0.2) is 29.1 Å². The van der Waals surface area contributed by atoms with Gasteiger partial charge in [-0.2, -0.15) is 8.78 Å². The molecule has 1 aliphatic rings. The molecule has 3 nitrogen and oxygen atoms in total. The summed E-state index contributed by atoms with van der Waals surface area (Å²) in [6.45, 7) is 0. The van der Waals surface area contributed by atoms with Gasteiger partial charge in [0.15, 0.2) is 0 Å².